The predicted octanol–water partition coefficient (Wildman–Crippen LogP) is 3.36. The number of benzene rings is 1. The van der Waals surface area contributed by atoms with E-state index in [-0.39, 0.29) is 11.3 Å². The molecule has 0 fully saturated rings. The van der Waals surface area contributed by atoms with Crippen LogP contribution < -0.4 is 4.74 Å². The van der Waals surface area contributed by atoms with E-state index in [0.717, 1.165) is 0 Å². The number of hydrogen-bond donors (Lipinski definition) is 0. The highest BCUT2D eigenvalue weighted by Gasteiger charge is 2.16. The summed E-state index contributed by atoms with van der Waals surface area (Å²) in [5.41, 5.74) is 9.52. The molecule has 0 saturated carbocycles. The van der Waals surface area contributed by atoms with E-state index in [9.17, 15) is 4.79 Å². The summed E-state index contributed by atoms with van der Waals surface area (Å²) in [5.74, 6) is -0.0422. The van der Waals surface area contributed by atoms with E-state index in [2.05, 4.69) is 19.7 Å². The molecule has 0 amide bonds. The van der Waals surface area contributed by atoms with Gasteiger partial charge in [-0.15, -0.1) is 0 Å². The molecule has 1 heterocycles. The van der Waals surface area contributed by atoms with Gasteiger partial charge in [0.15, 0.2) is 0 Å². The summed E-state index contributed by atoms with van der Waals surface area (Å²) >= 11 is 0. The fourth-order valence-electron chi connectivity index (χ4n) is 1.87. The van der Waals surface area contributed by atoms with Gasteiger partial charge in [0, 0.05) is 16.5 Å². The van der Waals surface area contributed by atoms with E-state index < -0.39 is 5.97 Å². The molecule has 0 N–H and O–H groups in total. The van der Waals surface area contributed by atoms with Gasteiger partial charge in [-0.3, -0.25) is 4.98 Å². The van der Waals surface area contributed by atoms with Crippen LogP contribution in [0, 0.1) is 0 Å². The molecule has 0 spiro atoms. The summed E-state index contributed by atoms with van der Waals surface area (Å²) in [5, 5.41) is 4.13. The second-order valence-corrected chi connectivity index (χ2v) is 3.79. The first-order valence-electron chi connectivity index (χ1n) is 5.90. The van der Waals surface area contributed by atoms with Gasteiger partial charge in [0.2, 0.25) is 0 Å². The van der Waals surface area contributed by atoms with Crippen molar-refractivity contribution in [1.82, 2.24) is 4.98 Å². The number of esters is 1. The number of hydrogen-bond acceptors (Lipinski definition) is 5. The van der Waals surface area contributed by atoms with Gasteiger partial charge in [-0.2, -0.15) is 0 Å². The molecule has 0 aliphatic heterocycles. The Hall–Kier alpha value is -2.79. The molecular weight excluding hydrogens is 260 g/mol. The van der Waals surface area contributed by atoms with Gasteiger partial charge in [-0.1, -0.05) is 17.2 Å². The number of pyridine rings is 1. The number of carbonyl (C=O) groups excluding carboxylic acids is 1. The van der Waals surface area contributed by atoms with Crippen molar-refractivity contribution in [2.45, 2.75) is 6.92 Å². The van der Waals surface area contributed by atoms with Crippen LogP contribution >= 0.6 is 0 Å². The molecule has 0 bridgehead atoms. The largest absolute Gasteiger partial charge is 0.492 e. The number of ether oxygens (including phenoxy) is 2. The summed E-state index contributed by atoms with van der Waals surface area (Å²) in [7, 11) is 1.25. The molecular formula is C13H12N4O3. The number of nitrogens with zero attached hydrogens (tertiary/aromatic N) is 4. The molecule has 20 heavy (non-hydrogen) atoms. The van der Waals surface area contributed by atoms with E-state index >= 15 is 0 Å². The molecule has 1 aromatic carbocycles. The second-order valence-electron chi connectivity index (χ2n) is 3.79. The summed E-state index contributed by atoms with van der Waals surface area (Å²) in [6, 6.07) is 5.21. The van der Waals surface area contributed by atoms with Crippen molar-refractivity contribution < 1.29 is 14.3 Å². The maximum absolute atomic E-state index is 11.7. The highest BCUT2D eigenvalue weighted by Crippen LogP contribution is 2.33. The monoisotopic (exact) mass is 272 g/mol. The number of rotatable bonds is 4. The average molecular weight is 272 g/mol. The first-order chi connectivity index (χ1) is 9.72. The smallest absolute Gasteiger partial charge is 0.339 e. The Morgan fingerprint density at radius 3 is 2.95 bits per heavy atom. The first kappa shape index (κ1) is 13.6. The van der Waals surface area contributed by atoms with Crippen molar-refractivity contribution in [3.05, 3.63) is 40.4 Å². The summed E-state index contributed by atoms with van der Waals surface area (Å²) in [6.45, 7) is 2.34. The number of fused-ring (bicyclic) bond motifs is 1. The van der Waals surface area contributed by atoms with E-state index in [1.165, 1.54) is 13.3 Å². The zero-order valence-corrected chi connectivity index (χ0v) is 11.0. The first-order valence-corrected chi connectivity index (χ1v) is 5.90. The maximum Gasteiger partial charge on any atom is 0.339 e. The minimum Gasteiger partial charge on any atom is -0.492 e. The lowest BCUT2D eigenvalue weighted by atomic mass is 10.1. The van der Waals surface area contributed by atoms with E-state index in [1.54, 1.807) is 18.2 Å². The van der Waals surface area contributed by atoms with E-state index in [1.807, 2.05) is 6.92 Å². The maximum atomic E-state index is 11.7. The minimum atomic E-state index is -0.608. The van der Waals surface area contributed by atoms with Crippen LogP contribution in [0.15, 0.2) is 29.5 Å². The highest BCUT2D eigenvalue weighted by atomic mass is 16.5. The standard InChI is InChI=1S/C13H12N4O3/c1-3-20-10-6-4-5-8-11(16-17-14)9(13(18)19-2)7-15-12(8)10/h4-7H,3H2,1-2H3. The molecule has 0 aliphatic carbocycles. The topological polar surface area (TPSA) is 97.2 Å². The van der Waals surface area contributed by atoms with E-state index in [4.69, 9.17) is 10.3 Å². The van der Waals surface area contributed by atoms with Crippen LogP contribution in [0.4, 0.5) is 5.69 Å². The number of methoxy groups -OCH3 is 1. The predicted molar refractivity (Wildman–Crippen MR) is 73.1 cm³/mol. The number of aromatic nitrogens is 1. The minimum absolute atomic E-state index is 0.117. The van der Waals surface area contributed by atoms with Crippen LogP contribution in [0.1, 0.15) is 17.3 Å². The molecule has 102 valence electrons. The molecule has 7 nitrogen and oxygen atoms in total. The van der Waals surface area contributed by atoms with Crippen molar-refractivity contribution in [2.24, 2.45) is 5.11 Å². The van der Waals surface area contributed by atoms with Crippen LogP contribution in [0.3, 0.4) is 0 Å². The van der Waals surface area contributed by atoms with Crippen molar-refractivity contribution in [1.29, 1.82) is 0 Å². The van der Waals surface area contributed by atoms with Gasteiger partial charge in [-0.25, -0.2) is 4.79 Å². The van der Waals surface area contributed by atoms with Crippen LogP contribution in [0.5, 0.6) is 5.75 Å². The molecule has 1 aromatic heterocycles. The third kappa shape index (κ3) is 2.34. The Labute approximate surface area is 114 Å². The number of para-hydroxylation sites is 1. The van der Waals surface area contributed by atoms with E-state index in [0.29, 0.717) is 23.3 Å². The zero-order valence-electron chi connectivity index (χ0n) is 11.0. The van der Waals surface area contributed by atoms with Gasteiger partial charge >= 0.3 is 5.97 Å². The fourth-order valence-corrected chi connectivity index (χ4v) is 1.87. The zero-order chi connectivity index (χ0) is 14.5. The normalized spacial score (nSPS) is 9.90. The Balaban J connectivity index is 2.78. The van der Waals surface area contributed by atoms with Gasteiger partial charge in [0.1, 0.15) is 11.3 Å². The third-order valence-electron chi connectivity index (χ3n) is 2.68. The van der Waals surface area contributed by atoms with Crippen LogP contribution in [0.2, 0.25) is 0 Å². The van der Waals surface area contributed by atoms with Gasteiger partial charge in [-0.05, 0) is 18.5 Å². The van der Waals surface area contributed by atoms with Gasteiger partial charge in [0.25, 0.3) is 0 Å². The molecule has 0 saturated heterocycles. The second kappa shape index (κ2) is 5.90. The summed E-state index contributed by atoms with van der Waals surface area (Å²) in [4.78, 5) is 18.6. The molecule has 0 radical (unpaired) electrons. The van der Waals surface area contributed by atoms with Gasteiger partial charge < -0.3 is 9.47 Å². The average Bonchev–Trinajstić information content (AvgIpc) is 2.48. The molecule has 2 rings (SSSR count). The Morgan fingerprint density at radius 2 is 2.30 bits per heavy atom. The Morgan fingerprint density at radius 1 is 1.50 bits per heavy atom. The Kier molecular flexibility index (Phi) is 4.02. The summed E-state index contributed by atoms with van der Waals surface area (Å²) < 4.78 is 10.1. The van der Waals surface area contributed by atoms with Crippen molar-refractivity contribution in [2.75, 3.05) is 13.7 Å². The molecule has 0 aliphatic rings. The lowest BCUT2D eigenvalue weighted by Gasteiger charge is -2.10. The van der Waals surface area contributed by atoms with Crippen molar-refractivity contribution >= 4 is 22.6 Å². The lowest BCUT2D eigenvalue weighted by molar-refractivity contribution is 0.0601. The Bertz CT molecular complexity index is 708. The molecule has 0 unspecified atom stereocenters. The highest BCUT2D eigenvalue weighted by molar-refractivity contribution is 6.04. The molecule has 0 atom stereocenters. The third-order valence-corrected chi connectivity index (χ3v) is 2.68. The van der Waals surface area contributed by atoms with Crippen molar-refractivity contribution in [3.8, 4) is 5.75 Å². The fraction of sp³-hybridized carbons (Fsp3) is 0.231. The van der Waals surface area contributed by atoms with Crippen LogP contribution in [-0.4, -0.2) is 24.7 Å². The SMILES string of the molecule is CCOc1cccc2c(N=[N+]=[N-])c(C(=O)OC)cnc12. The number of carbonyl (C=O) groups is 1. The molecule has 2 aromatic rings. The quantitative estimate of drug-likeness (QED) is 0.369. The van der Waals surface area contributed by atoms with Crippen molar-refractivity contribution in [3.63, 3.8) is 0 Å². The number of azide groups is 1. The summed E-state index contributed by atoms with van der Waals surface area (Å²) in [6.07, 6.45) is 1.32. The molecule has 7 heteroatoms. The van der Waals surface area contributed by atoms with Crippen LogP contribution in [0.25, 0.3) is 21.3 Å². The van der Waals surface area contributed by atoms with Gasteiger partial charge in [0.05, 0.1) is 25.0 Å². The van der Waals surface area contributed by atoms with Crippen LogP contribution in [-0.2, 0) is 4.74 Å². The lowest BCUT2D eigenvalue weighted by Crippen LogP contribution is -2.03.